The van der Waals surface area contributed by atoms with Crippen molar-refractivity contribution in [2.24, 2.45) is 0 Å². The van der Waals surface area contributed by atoms with E-state index in [9.17, 15) is 13.2 Å². The molecule has 1 aromatic heterocycles. The molecule has 1 unspecified atom stereocenters. The van der Waals surface area contributed by atoms with Crippen LogP contribution in [-0.4, -0.2) is 48.3 Å². The van der Waals surface area contributed by atoms with Crippen molar-refractivity contribution in [1.82, 2.24) is 15.0 Å². The molecule has 1 aliphatic heterocycles. The van der Waals surface area contributed by atoms with Crippen molar-refractivity contribution in [1.29, 1.82) is 0 Å². The van der Waals surface area contributed by atoms with E-state index in [2.05, 4.69) is 19.9 Å². The summed E-state index contributed by atoms with van der Waals surface area (Å²) < 4.78 is 49.8. The molecule has 1 aliphatic rings. The van der Waals surface area contributed by atoms with Crippen LogP contribution < -0.4 is 9.64 Å². The van der Waals surface area contributed by atoms with Gasteiger partial charge in [-0.05, 0) is 31.2 Å². The maximum Gasteiger partial charge on any atom is 0.416 e. The molecule has 164 valence electrons. The molecule has 0 amide bonds. The van der Waals surface area contributed by atoms with Crippen LogP contribution in [0.1, 0.15) is 24.4 Å². The van der Waals surface area contributed by atoms with Gasteiger partial charge in [0, 0.05) is 31.7 Å². The van der Waals surface area contributed by atoms with Crippen LogP contribution in [0.2, 0.25) is 0 Å². The van der Waals surface area contributed by atoms with E-state index in [4.69, 9.17) is 9.26 Å². The smallest absolute Gasteiger partial charge is 0.416 e. The number of halogens is 3. The lowest BCUT2D eigenvalue weighted by Crippen LogP contribution is -2.47. The first kappa shape index (κ1) is 21.2. The molecule has 0 radical (unpaired) electrons. The summed E-state index contributed by atoms with van der Waals surface area (Å²) in [5.74, 6) is 1.38. The van der Waals surface area contributed by atoms with Gasteiger partial charge in [0.25, 0.3) is 0 Å². The van der Waals surface area contributed by atoms with E-state index in [1.165, 1.54) is 6.07 Å². The highest BCUT2D eigenvalue weighted by Gasteiger charge is 2.31. The summed E-state index contributed by atoms with van der Waals surface area (Å²) in [4.78, 5) is 8.85. The summed E-state index contributed by atoms with van der Waals surface area (Å²) in [6.45, 7) is 5.13. The second-order valence-electron chi connectivity index (χ2n) is 7.41. The number of hydrogen-bond donors (Lipinski definition) is 0. The third-order valence-corrected chi connectivity index (χ3v) is 5.54. The van der Waals surface area contributed by atoms with Crippen LogP contribution in [-0.2, 0) is 6.18 Å². The highest BCUT2D eigenvalue weighted by molar-refractivity contribution is 5.59. The van der Waals surface area contributed by atoms with Gasteiger partial charge in [0.1, 0.15) is 5.75 Å². The molecule has 31 heavy (non-hydrogen) atoms. The lowest BCUT2D eigenvalue weighted by molar-refractivity contribution is -0.137. The average molecular weight is 432 g/mol. The van der Waals surface area contributed by atoms with Gasteiger partial charge >= 0.3 is 6.18 Å². The summed E-state index contributed by atoms with van der Waals surface area (Å²) >= 11 is 0. The molecule has 0 N–H and O–H groups in total. The Balaban J connectivity index is 1.44. The van der Waals surface area contributed by atoms with E-state index in [1.807, 2.05) is 31.2 Å². The van der Waals surface area contributed by atoms with E-state index >= 15 is 0 Å². The van der Waals surface area contributed by atoms with Gasteiger partial charge in [-0.25, -0.2) is 0 Å². The van der Waals surface area contributed by atoms with Crippen molar-refractivity contribution in [2.45, 2.75) is 19.1 Å². The van der Waals surface area contributed by atoms with Crippen molar-refractivity contribution in [3.05, 3.63) is 60.0 Å². The molecule has 4 rings (SSSR count). The summed E-state index contributed by atoms with van der Waals surface area (Å²) in [5, 5.41) is 3.90. The standard InChI is InChI=1S/C22H23F3N4O2/c1-15(28-10-12-29(13-11-28)18-8-3-4-9-19(18)30-2)21-26-20(27-31-21)16-6-5-7-17(14-16)22(23,24)25/h3-9,14-15H,10-13H2,1-2H3. The second-order valence-corrected chi connectivity index (χ2v) is 7.41. The first-order chi connectivity index (χ1) is 14.9. The minimum Gasteiger partial charge on any atom is -0.495 e. The fourth-order valence-electron chi connectivity index (χ4n) is 3.75. The van der Waals surface area contributed by atoms with E-state index in [0.29, 0.717) is 5.89 Å². The summed E-state index contributed by atoms with van der Waals surface area (Å²) in [5.41, 5.74) is 0.594. The second kappa shape index (κ2) is 8.58. The monoisotopic (exact) mass is 432 g/mol. The lowest BCUT2D eigenvalue weighted by Gasteiger charge is -2.38. The zero-order chi connectivity index (χ0) is 22.0. The topological polar surface area (TPSA) is 54.6 Å². The number of ether oxygens (including phenoxy) is 1. The van der Waals surface area contributed by atoms with Gasteiger partial charge in [-0.3, -0.25) is 4.90 Å². The number of aromatic nitrogens is 2. The van der Waals surface area contributed by atoms with Crippen LogP contribution in [0.3, 0.4) is 0 Å². The number of methoxy groups -OCH3 is 1. The quantitative estimate of drug-likeness (QED) is 0.585. The number of piperazine rings is 1. The molecule has 2 aromatic carbocycles. The normalized spacial score (nSPS) is 16.4. The van der Waals surface area contributed by atoms with Gasteiger partial charge in [0.15, 0.2) is 0 Å². The molecule has 0 bridgehead atoms. The number of nitrogens with zero attached hydrogens (tertiary/aromatic N) is 4. The molecule has 0 aliphatic carbocycles. The molecule has 0 spiro atoms. The van der Waals surface area contributed by atoms with Gasteiger partial charge in [0.2, 0.25) is 11.7 Å². The largest absolute Gasteiger partial charge is 0.495 e. The molecule has 6 nitrogen and oxygen atoms in total. The maximum atomic E-state index is 13.0. The highest BCUT2D eigenvalue weighted by Crippen LogP contribution is 2.33. The predicted octanol–water partition coefficient (Wildman–Crippen LogP) is 4.65. The zero-order valence-electron chi connectivity index (χ0n) is 17.3. The Labute approximate surface area is 178 Å². The Hall–Kier alpha value is -3.07. The van der Waals surface area contributed by atoms with Gasteiger partial charge in [-0.15, -0.1) is 0 Å². The lowest BCUT2D eigenvalue weighted by atomic mass is 10.1. The molecule has 3 aromatic rings. The fourth-order valence-corrected chi connectivity index (χ4v) is 3.75. The number of benzene rings is 2. The van der Waals surface area contributed by atoms with E-state index in [1.54, 1.807) is 13.2 Å². The molecule has 0 saturated carbocycles. The number of para-hydroxylation sites is 2. The Morgan fingerprint density at radius 3 is 2.48 bits per heavy atom. The predicted molar refractivity (Wildman–Crippen MR) is 110 cm³/mol. The Morgan fingerprint density at radius 2 is 1.77 bits per heavy atom. The van der Waals surface area contributed by atoms with E-state index in [-0.39, 0.29) is 17.4 Å². The summed E-state index contributed by atoms with van der Waals surface area (Å²) in [6.07, 6.45) is -4.42. The van der Waals surface area contributed by atoms with Gasteiger partial charge in [0.05, 0.1) is 24.4 Å². The third kappa shape index (κ3) is 4.51. The number of anilines is 1. The zero-order valence-corrected chi connectivity index (χ0v) is 17.3. The average Bonchev–Trinajstić information content (AvgIpc) is 3.28. The third-order valence-electron chi connectivity index (χ3n) is 5.54. The molecular weight excluding hydrogens is 409 g/mol. The van der Waals surface area contributed by atoms with Crippen molar-refractivity contribution in [3.8, 4) is 17.1 Å². The van der Waals surface area contributed by atoms with Crippen LogP contribution in [0.4, 0.5) is 18.9 Å². The van der Waals surface area contributed by atoms with Crippen molar-refractivity contribution < 1.29 is 22.4 Å². The van der Waals surface area contributed by atoms with Crippen molar-refractivity contribution in [3.63, 3.8) is 0 Å². The first-order valence-corrected chi connectivity index (χ1v) is 10.00. The Kier molecular flexibility index (Phi) is 5.86. The maximum absolute atomic E-state index is 13.0. The number of rotatable bonds is 5. The highest BCUT2D eigenvalue weighted by atomic mass is 19.4. The minimum absolute atomic E-state index is 0.146. The van der Waals surface area contributed by atoms with E-state index < -0.39 is 11.7 Å². The Morgan fingerprint density at radius 1 is 1.03 bits per heavy atom. The van der Waals surface area contributed by atoms with Gasteiger partial charge in [-0.2, -0.15) is 18.2 Å². The molecule has 1 saturated heterocycles. The summed E-state index contributed by atoms with van der Waals surface area (Å²) in [7, 11) is 1.66. The van der Waals surface area contributed by atoms with Crippen LogP contribution in [0.5, 0.6) is 5.75 Å². The summed E-state index contributed by atoms with van der Waals surface area (Å²) in [6, 6.07) is 12.7. The molecule has 1 fully saturated rings. The van der Waals surface area contributed by atoms with Crippen LogP contribution in [0.25, 0.3) is 11.4 Å². The van der Waals surface area contributed by atoms with Gasteiger partial charge < -0.3 is 14.2 Å². The van der Waals surface area contributed by atoms with Gasteiger partial charge in [-0.1, -0.05) is 29.4 Å². The van der Waals surface area contributed by atoms with E-state index in [0.717, 1.165) is 49.7 Å². The Bertz CT molecular complexity index is 1030. The van der Waals surface area contributed by atoms with Crippen LogP contribution >= 0.6 is 0 Å². The number of hydrogen-bond acceptors (Lipinski definition) is 6. The number of alkyl halides is 3. The van der Waals surface area contributed by atoms with Crippen LogP contribution in [0, 0.1) is 0 Å². The molecule has 2 heterocycles. The van der Waals surface area contributed by atoms with Crippen molar-refractivity contribution in [2.75, 3.05) is 38.2 Å². The molecular formula is C22H23F3N4O2. The first-order valence-electron chi connectivity index (χ1n) is 10.00. The molecule has 9 heteroatoms. The van der Waals surface area contributed by atoms with Crippen LogP contribution in [0.15, 0.2) is 53.1 Å². The van der Waals surface area contributed by atoms with Crippen molar-refractivity contribution >= 4 is 5.69 Å². The SMILES string of the molecule is COc1ccccc1N1CCN(C(C)c2nc(-c3cccc(C(F)(F)F)c3)no2)CC1. The molecule has 1 atom stereocenters. The fraction of sp³-hybridized carbons (Fsp3) is 0.364. The minimum atomic E-state index is -4.42.